The lowest BCUT2D eigenvalue weighted by molar-refractivity contribution is 1.06. The van der Waals surface area contributed by atoms with E-state index in [1.54, 1.807) is 0 Å². The molecule has 0 fully saturated rings. The van der Waals surface area contributed by atoms with Crippen LogP contribution in [0.4, 0.5) is 0 Å². The van der Waals surface area contributed by atoms with E-state index in [9.17, 15) is 0 Å². The van der Waals surface area contributed by atoms with Gasteiger partial charge in [0.2, 0.25) is 0 Å². The minimum Gasteiger partial charge on any atom is -0.268 e. The monoisotopic (exact) mass is 109 g/mol. The summed E-state index contributed by atoms with van der Waals surface area (Å²) < 4.78 is 0. The first-order valence-corrected chi connectivity index (χ1v) is 2.76. The second-order valence-electron chi connectivity index (χ2n) is 1.71. The molecule has 1 heterocycles. The molecular weight excluding hydrogens is 100 g/mol. The molecular formula is C6H9N2. The zero-order chi connectivity index (χ0) is 5.82. The van der Waals surface area contributed by atoms with Gasteiger partial charge in [-0.15, -0.1) is 0 Å². The summed E-state index contributed by atoms with van der Waals surface area (Å²) in [6.07, 6.45) is 3.72. The maximum Gasteiger partial charge on any atom is 0.129 e. The van der Waals surface area contributed by atoms with Crippen LogP contribution in [-0.4, -0.2) is 18.6 Å². The molecule has 0 spiro atoms. The first kappa shape index (κ1) is 5.48. The van der Waals surface area contributed by atoms with Crippen molar-refractivity contribution in [1.82, 2.24) is 0 Å². The van der Waals surface area contributed by atoms with Crippen molar-refractivity contribution >= 4 is 11.9 Å². The van der Waals surface area contributed by atoms with E-state index in [1.165, 1.54) is 0 Å². The molecule has 0 aliphatic carbocycles. The molecule has 1 rings (SSSR count). The van der Waals surface area contributed by atoms with Crippen molar-refractivity contribution in [3.63, 3.8) is 0 Å². The normalized spacial score (nSPS) is 16.9. The van der Waals surface area contributed by atoms with Gasteiger partial charge < -0.3 is 0 Å². The zero-order valence-electron chi connectivity index (χ0n) is 4.80. The Morgan fingerprint density at radius 2 is 2.62 bits per heavy atom. The Morgan fingerprint density at radius 3 is 3.12 bits per heavy atom. The van der Waals surface area contributed by atoms with E-state index < -0.39 is 0 Å². The minimum atomic E-state index is 0.634. The van der Waals surface area contributed by atoms with Crippen LogP contribution >= 0.6 is 0 Å². The second-order valence-corrected chi connectivity index (χ2v) is 1.71. The Bertz CT molecular complexity index is 124. The number of nitrogens with zero attached hydrogens (tertiary/aromatic N) is 2. The molecule has 1 aliphatic rings. The van der Waals surface area contributed by atoms with Gasteiger partial charge in [-0.25, -0.2) is 0 Å². The third kappa shape index (κ3) is 1.15. The standard InChI is InChI=1S/C6H9N2/c1-2-3-6-4-7-5-8-6/h4H,1-3,5H2. The van der Waals surface area contributed by atoms with Crippen molar-refractivity contribution < 1.29 is 0 Å². The Morgan fingerprint density at radius 1 is 1.75 bits per heavy atom. The Balaban J connectivity index is 2.34. The lowest BCUT2D eigenvalue weighted by atomic mass is 10.2. The summed E-state index contributed by atoms with van der Waals surface area (Å²) in [6.45, 7) is 4.34. The van der Waals surface area contributed by atoms with Crippen LogP contribution in [0, 0.1) is 6.92 Å². The molecule has 0 amide bonds. The van der Waals surface area contributed by atoms with E-state index in [-0.39, 0.29) is 0 Å². The van der Waals surface area contributed by atoms with Crippen molar-refractivity contribution in [1.29, 1.82) is 0 Å². The van der Waals surface area contributed by atoms with E-state index >= 15 is 0 Å². The molecule has 0 atom stereocenters. The summed E-state index contributed by atoms with van der Waals surface area (Å²) >= 11 is 0. The van der Waals surface area contributed by atoms with Gasteiger partial charge in [0.1, 0.15) is 6.67 Å². The topological polar surface area (TPSA) is 24.7 Å². The zero-order valence-corrected chi connectivity index (χ0v) is 4.80. The Labute approximate surface area is 49.3 Å². The van der Waals surface area contributed by atoms with Crippen molar-refractivity contribution in [2.75, 3.05) is 6.67 Å². The van der Waals surface area contributed by atoms with Crippen molar-refractivity contribution in [2.24, 2.45) is 9.98 Å². The van der Waals surface area contributed by atoms with E-state index in [4.69, 9.17) is 0 Å². The third-order valence-electron chi connectivity index (χ3n) is 1.03. The summed E-state index contributed by atoms with van der Waals surface area (Å²) in [4.78, 5) is 8.01. The smallest absolute Gasteiger partial charge is 0.129 e. The average molecular weight is 109 g/mol. The molecule has 2 nitrogen and oxygen atoms in total. The third-order valence-corrected chi connectivity index (χ3v) is 1.03. The van der Waals surface area contributed by atoms with Crippen molar-refractivity contribution in [3.8, 4) is 0 Å². The van der Waals surface area contributed by atoms with Gasteiger partial charge in [-0.05, 0) is 12.8 Å². The molecule has 43 valence electrons. The first-order valence-electron chi connectivity index (χ1n) is 2.76. The highest BCUT2D eigenvalue weighted by Crippen LogP contribution is 1.94. The van der Waals surface area contributed by atoms with Crippen LogP contribution in [0.25, 0.3) is 0 Å². The molecule has 0 saturated heterocycles. The number of hydrogen-bond acceptors (Lipinski definition) is 2. The predicted octanol–water partition coefficient (Wildman–Crippen LogP) is 1.08. The second kappa shape index (κ2) is 2.60. The minimum absolute atomic E-state index is 0.634. The molecule has 2 heteroatoms. The lowest BCUT2D eigenvalue weighted by Gasteiger charge is -1.86. The summed E-state index contributed by atoms with van der Waals surface area (Å²) in [5.74, 6) is 0. The highest BCUT2D eigenvalue weighted by molar-refractivity contribution is 6.31. The van der Waals surface area contributed by atoms with Crippen LogP contribution in [-0.2, 0) is 0 Å². The summed E-state index contributed by atoms with van der Waals surface area (Å²) in [5.41, 5.74) is 1.10. The number of rotatable bonds is 2. The van der Waals surface area contributed by atoms with Gasteiger partial charge >= 0.3 is 0 Å². The number of aliphatic imine (C=N–C) groups is 2. The fourth-order valence-corrected chi connectivity index (χ4v) is 0.643. The van der Waals surface area contributed by atoms with Gasteiger partial charge in [0.15, 0.2) is 0 Å². The molecule has 0 N–H and O–H groups in total. The molecule has 0 saturated carbocycles. The average Bonchev–Trinajstić information content (AvgIpc) is 2.19. The van der Waals surface area contributed by atoms with Crippen LogP contribution in [0.3, 0.4) is 0 Å². The highest BCUT2D eigenvalue weighted by atomic mass is 15.0. The van der Waals surface area contributed by atoms with Crippen molar-refractivity contribution in [3.05, 3.63) is 6.92 Å². The Hall–Kier alpha value is -0.660. The van der Waals surface area contributed by atoms with Crippen LogP contribution in [0.5, 0.6) is 0 Å². The number of hydrogen-bond donors (Lipinski definition) is 0. The molecule has 0 bridgehead atoms. The van der Waals surface area contributed by atoms with E-state index in [2.05, 4.69) is 16.9 Å². The fraction of sp³-hybridized carbons (Fsp3) is 0.500. The van der Waals surface area contributed by atoms with Gasteiger partial charge in [-0.3, -0.25) is 9.98 Å². The fourth-order valence-electron chi connectivity index (χ4n) is 0.643. The maximum atomic E-state index is 4.08. The Kier molecular flexibility index (Phi) is 1.78. The summed E-state index contributed by atoms with van der Waals surface area (Å²) in [6, 6.07) is 0. The molecule has 1 radical (unpaired) electrons. The van der Waals surface area contributed by atoms with Gasteiger partial charge in [-0.2, -0.15) is 0 Å². The van der Waals surface area contributed by atoms with Gasteiger partial charge in [-0.1, -0.05) is 6.92 Å². The molecule has 0 unspecified atom stereocenters. The highest BCUT2D eigenvalue weighted by Gasteiger charge is 1.95. The lowest BCUT2D eigenvalue weighted by Crippen LogP contribution is -1.93. The maximum absolute atomic E-state index is 4.08. The van der Waals surface area contributed by atoms with E-state index in [0.29, 0.717) is 6.67 Å². The van der Waals surface area contributed by atoms with Crippen LogP contribution in [0.15, 0.2) is 9.98 Å². The quantitative estimate of drug-likeness (QED) is 0.507. The molecule has 0 aromatic carbocycles. The van der Waals surface area contributed by atoms with Crippen LogP contribution < -0.4 is 0 Å². The summed E-state index contributed by atoms with van der Waals surface area (Å²) in [7, 11) is 0. The SMILES string of the molecule is [CH2]CCC1=NCN=C1. The molecule has 0 aromatic rings. The van der Waals surface area contributed by atoms with Crippen LogP contribution in [0.1, 0.15) is 12.8 Å². The predicted molar refractivity (Wildman–Crippen MR) is 35.4 cm³/mol. The molecule has 0 aromatic heterocycles. The van der Waals surface area contributed by atoms with E-state index in [0.717, 1.165) is 18.6 Å². The first-order chi connectivity index (χ1) is 3.93. The summed E-state index contributed by atoms with van der Waals surface area (Å²) in [5, 5.41) is 0. The van der Waals surface area contributed by atoms with Crippen LogP contribution in [0.2, 0.25) is 0 Å². The largest absolute Gasteiger partial charge is 0.268 e. The van der Waals surface area contributed by atoms with Crippen molar-refractivity contribution in [2.45, 2.75) is 12.8 Å². The molecule has 1 aliphatic heterocycles. The molecule has 8 heavy (non-hydrogen) atoms. The van der Waals surface area contributed by atoms with Gasteiger partial charge in [0.05, 0.1) is 5.71 Å². The van der Waals surface area contributed by atoms with Gasteiger partial charge in [0, 0.05) is 6.21 Å². The van der Waals surface area contributed by atoms with Gasteiger partial charge in [0.25, 0.3) is 0 Å². The van der Waals surface area contributed by atoms with E-state index in [1.807, 2.05) is 6.21 Å².